The van der Waals surface area contributed by atoms with Crippen molar-refractivity contribution in [1.29, 1.82) is 0 Å². The lowest BCUT2D eigenvalue weighted by molar-refractivity contribution is 0.0857. The average Bonchev–Trinajstić information content (AvgIpc) is 2.46. The minimum absolute atomic E-state index is 0.134. The minimum Gasteiger partial charge on any atom is -0.489 e. The van der Waals surface area contributed by atoms with Crippen molar-refractivity contribution < 1.29 is 9.53 Å². The van der Waals surface area contributed by atoms with Gasteiger partial charge in [-0.3, -0.25) is 10.2 Å². The first-order valence-corrected chi connectivity index (χ1v) is 6.88. The molecule has 21 heavy (non-hydrogen) atoms. The van der Waals surface area contributed by atoms with Gasteiger partial charge in [-0.05, 0) is 42.0 Å². The van der Waals surface area contributed by atoms with Crippen molar-refractivity contribution in [3.63, 3.8) is 0 Å². The molecule has 5 heteroatoms. The summed E-state index contributed by atoms with van der Waals surface area (Å²) in [7, 11) is 3.54. The first-order chi connectivity index (χ1) is 10.0. The molecule has 0 fully saturated rings. The highest BCUT2D eigenvalue weighted by Crippen LogP contribution is 2.17. The summed E-state index contributed by atoms with van der Waals surface area (Å²) in [5, 5.41) is 2.29. The van der Waals surface area contributed by atoms with Gasteiger partial charge in [0.1, 0.15) is 12.4 Å². The Morgan fingerprint density at radius 1 is 1.10 bits per heavy atom. The first kappa shape index (κ1) is 15.4. The number of ether oxygens (including phenoxy) is 1. The molecule has 1 amide bonds. The number of hydrogen-bond donors (Lipinski definition) is 1. The Bertz CT molecular complexity index is 595. The van der Waals surface area contributed by atoms with E-state index in [1.165, 1.54) is 0 Å². The Labute approximate surface area is 129 Å². The van der Waals surface area contributed by atoms with Gasteiger partial charge in [0.2, 0.25) is 0 Å². The zero-order valence-electron chi connectivity index (χ0n) is 12.0. The minimum atomic E-state index is -0.134. The van der Waals surface area contributed by atoms with Gasteiger partial charge in [0.05, 0.1) is 0 Å². The maximum atomic E-state index is 11.8. The van der Waals surface area contributed by atoms with Crippen LogP contribution in [0.2, 0.25) is 5.02 Å². The quantitative estimate of drug-likeness (QED) is 0.863. The van der Waals surface area contributed by atoms with Crippen molar-refractivity contribution in [2.45, 2.75) is 6.61 Å². The number of halogens is 1. The molecule has 0 aliphatic rings. The second-order valence-corrected chi connectivity index (χ2v) is 5.21. The third kappa shape index (κ3) is 4.77. The molecule has 0 heterocycles. The molecular weight excluding hydrogens is 288 g/mol. The molecule has 110 valence electrons. The molecule has 2 aromatic carbocycles. The number of carbonyl (C=O) groups is 1. The van der Waals surface area contributed by atoms with Crippen LogP contribution < -0.4 is 10.2 Å². The van der Waals surface area contributed by atoms with Crippen LogP contribution in [0.3, 0.4) is 0 Å². The third-order valence-electron chi connectivity index (χ3n) is 2.76. The van der Waals surface area contributed by atoms with E-state index < -0.39 is 0 Å². The Balaban J connectivity index is 1.93. The molecule has 0 aliphatic carbocycles. The van der Waals surface area contributed by atoms with Crippen LogP contribution in [0.15, 0.2) is 48.5 Å². The Morgan fingerprint density at radius 3 is 2.29 bits per heavy atom. The number of nitrogens with zero attached hydrogens (tertiary/aromatic N) is 1. The number of hydrazine groups is 1. The highest BCUT2D eigenvalue weighted by Gasteiger charge is 2.05. The SMILES string of the molecule is CN(C)NC(=O)c1ccc(COc2ccc(Cl)cc2)cc1. The van der Waals surface area contributed by atoms with E-state index in [0.29, 0.717) is 17.2 Å². The summed E-state index contributed by atoms with van der Waals surface area (Å²) in [4.78, 5) is 11.8. The van der Waals surface area contributed by atoms with E-state index in [1.807, 2.05) is 24.3 Å². The van der Waals surface area contributed by atoms with Crippen LogP contribution in [0.5, 0.6) is 5.75 Å². The van der Waals surface area contributed by atoms with Crippen LogP contribution >= 0.6 is 11.6 Å². The van der Waals surface area contributed by atoms with Crippen LogP contribution in [0.4, 0.5) is 0 Å². The molecule has 2 rings (SSSR count). The Hall–Kier alpha value is -2.04. The van der Waals surface area contributed by atoms with Gasteiger partial charge in [0, 0.05) is 24.7 Å². The van der Waals surface area contributed by atoms with E-state index in [0.717, 1.165) is 11.3 Å². The van der Waals surface area contributed by atoms with E-state index in [9.17, 15) is 4.79 Å². The average molecular weight is 305 g/mol. The van der Waals surface area contributed by atoms with E-state index in [4.69, 9.17) is 16.3 Å². The van der Waals surface area contributed by atoms with Crippen molar-refractivity contribution in [3.05, 3.63) is 64.7 Å². The smallest absolute Gasteiger partial charge is 0.265 e. The maximum Gasteiger partial charge on any atom is 0.265 e. The number of benzene rings is 2. The highest BCUT2D eigenvalue weighted by molar-refractivity contribution is 6.30. The first-order valence-electron chi connectivity index (χ1n) is 6.50. The van der Waals surface area contributed by atoms with Gasteiger partial charge >= 0.3 is 0 Å². The Kier molecular flexibility index (Phi) is 5.20. The van der Waals surface area contributed by atoms with Crippen LogP contribution in [-0.2, 0) is 6.61 Å². The summed E-state index contributed by atoms with van der Waals surface area (Å²) in [5.41, 5.74) is 4.29. The van der Waals surface area contributed by atoms with Gasteiger partial charge in [-0.25, -0.2) is 5.01 Å². The van der Waals surface area contributed by atoms with Gasteiger partial charge in [-0.15, -0.1) is 0 Å². The van der Waals surface area contributed by atoms with Crippen molar-refractivity contribution in [2.75, 3.05) is 14.1 Å². The molecule has 2 aromatic rings. The van der Waals surface area contributed by atoms with Gasteiger partial charge in [-0.1, -0.05) is 23.7 Å². The number of amides is 1. The van der Waals surface area contributed by atoms with E-state index in [2.05, 4.69) is 5.43 Å². The van der Waals surface area contributed by atoms with Gasteiger partial charge < -0.3 is 4.74 Å². The van der Waals surface area contributed by atoms with E-state index in [1.54, 1.807) is 43.4 Å². The molecule has 0 bridgehead atoms. The van der Waals surface area contributed by atoms with Crippen LogP contribution in [-0.4, -0.2) is 25.0 Å². The van der Waals surface area contributed by atoms with Crippen molar-refractivity contribution in [1.82, 2.24) is 10.4 Å². The van der Waals surface area contributed by atoms with E-state index >= 15 is 0 Å². The fraction of sp³-hybridized carbons (Fsp3) is 0.188. The summed E-state index contributed by atoms with van der Waals surface area (Å²) in [6.45, 7) is 0.442. The maximum absolute atomic E-state index is 11.8. The molecule has 0 unspecified atom stereocenters. The standard InChI is InChI=1S/C16H17ClN2O2/c1-19(2)18-16(20)13-5-3-12(4-6-13)11-21-15-9-7-14(17)8-10-15/h3-10H,11H2,1-2H3,(H,18,20). The molecule has 0 aromatic heterocycles. The van der Waals surface area contributed by atoms with Gasteiger partial charge in [0.25, 0.3) is 5.91 Å². The van der Waals surface area contributed by atoms with Gasteiger partial charge in [0.15, 0.2) is 0 Å². The zero-order chi connectivity index (χ0) is 15.2. The number of nitrogens with one attached hydrogen (secondary N) is 1. The molecular formula is C16H17ClN2O2. The lowest BCUT2D eigenvalue weighted by Crippen LogP contribution is -2.36. The van der Waals surface area contributed by atoms with Gasteiger partial charge in [-0.2, -0.15) is 0 Å². The molecule has 0 saturated heterocycles. The van der Waals surface area contributed by atoms with Crippen molar-refractivity contribution in [3.8, 4) is 5.75 Å². The summed E-state index contributed by atoms with van der Waals surface area (Å²) in [6, 6.07) is 14.5. The van der Waals surface area contributed by atoms with E-state index in [-0.39, 0.29) is 5.91 Å². The second kappa shape index (κ2) is 7.11. The predicted molar refractivity (Wildman–Crippen MR) is 83.4 cm³/mol. The molecule has 0 saturated carbocycles. The largest absolute Gasteiger partial charge is 0.489 e. The topological polar surface area (TPSA) is 41.6 Å². The fourth-order valence-electron chi connectivity index (χ4n) is 1.72. The van der Waals surface area contributed by atoms with Crippen LogP contribution in [0, 0.1) is 0 Å². The summed E-state index contributed by atoms with van der Waals surface area (Å²) in [6.07, 6.45) is 0. The molecule has 0 spiro atoms. The normalized spacial score (nSPS) is 10.5. The third-order valence-corrected chi connectivity index (χ3v) is 3.01. The van der Waals surface area contributed by atoms with Crippen molar-refractivity contribution in [2.24, 2.45) is 0 Å². The van der Waals surface area contributed by atoms with Crippen LogP contribution in [0.1, 0.15) is 15.9 Å². The second-order valence-electron chi connectivity index (χ2n) is 4.77. The zero-order valence-corrected chi connectivity index (χ0v) is 12.7. The lowest BCUT2D eigenvalue weighted by atomic mass is 10.1. The van der Waals surface area contributed by atoms with Crippen molar-refractivity contribution >= 4 is 17.5 Å². The molecule has 0 aliphatic heterocycles. The van der Waals surface area contributed by atoms with Crippen LogP contribution in [0.25, 0.3) is 0 Å². The fourth-order valence-corrected chi connectivity index (χ4v) is 1.84. The molecule has 0 radical (unpaired) electrons. The Morgan fingerprint density at radius 2 is 1.71 bits per heavy atom. The highest BCUT2D eigenvalue weighted by atomic mass is 35.5. The monoisotopic (exact) mass is 304 g/mol. The molecule has 1 N–H and O–H groups in total. The lowest BCUT2D eigenvalue weighted by Gasteiger charge is -2.12. The molecule has 4 nitrogen and oxygen atoms in total. The summed E-state index contributed by atoms with van der Waals surface area (Å²) in [5.74, 6) is 0.624. The molecule has 0 atom stereocenters. The number of carbonyl (C=O) groups excluding carboxylic acids is 1. The number of hydrogen-bond acceptors (Lipinski definition) is 3. The predicted octanol–water partition coefficient (Wildman–Crippen LogP) is 3.13. The number of rotatable bonds is 5. The summed E-state index contributed by atoms with van der Waals surface area (Å²) >= 11 is 5.81. The summed E-state index contributed by atoms with van der Waals surface area (Å²) < 4.78 is 5.64.